The van der Waals surface area contributed by atoms with Crippen LogP contribution >= 0.6 is 0 Å². The summed E-state index contributed by atoms with van der Waals surface area (Å²) in [6.45, 7) is 8.14. The van der Waals surface area contributed by atoms with E-state index in [1.165, 1.54) is 0 Å². The predicted octanol–water partition coefficient (Wildman–Crippen LogP) is 2.06. The van der Waals surface area contributed by atoms with Gasteiger partial charge in [0.05, 0.1) is 24.5 Å². The van der Waals surface area contributed by atoms with E-state index in [1.54, 1.807) is 19.1 Å². The van der Waals surface area contributed by atoms with Crippen molar-refractivity contribution in [3.05, 3.63) is 24.3 Å². The monoisotopic (exact) mass is 298 g/mol. The van der Waals surface area contributed by atoms with Gasteiger partial charge < -0.3 is 9.64 Å². The van der Waals surface area contributed by atoms with Crippen molar-refractivity contribution in [1.82, 2.24) is 0 Å². The van der Waals surface area contributed by atoms with Crippen LogP contribution in [0.15, 0.2) is 24.3 Å². The highest BCUT2D eigenvalue weighted by Crippen LogP contribution is 2.28. The van der Waals surface area contributed by atoms with Gasteiger partial charge in [-0.1, -0.05) is 0 Å². The lowest BCUT2D eigenvalue weighted by Crippen LogP contribution is -2.53. The molecule has 6 heteroatoms. The zero-order valence-corrected chi connectivity index (χ0v) is 13.0. The predicted molar refractivity (Wildman–Crippen MR) is 81.8 cm³/mol. The van der Waals surface area contributed by atoms with Gasteiger partial charge in [0, 0.05) is 17.9 Å². The molecule has 1 aromatic rings. The van der Waals surface area contributed by atoms with Crippen LogP contribution in [0, 0.1) is 0 Å². The van der Waals surface area contributed by atoms with Crippen molar-refractivity contribution in [3.63, 3.8) is 0 Å². The topological polar surface area (TPSA) is 58.6 Å². The molecule has 1 aliphatic rings. The highest BCUT2D eigenvalue weighted by atomic mass is 32.2. The minimum Gasteiger partial charge on any atom is -0.377 e. The van der Waals surface area contributed by atoms with E-state index in [0.717, 1.165) is 12.2 Å². The van der Waals surface area contributed by atoms with E-state index in [-0.39, 0.29) is 11.3 Å². The van der Waals surface area contributed by atoms with Crippen LogP contribution in [0.2, 0.25) is 0 Å². The van der Waals surface area contributed by atoms with Crippen molar-refractivity contribution in [1.29, 1.82) is 0 Å². The summed E-state index contributed by atoms with van der Waals surface area (Å²) in [4.78, 5) is 2.29. The smallest absolute Gasteiger partial charge is 0.232 e. The summed E-state index contributed by atoms with van der Waals surface area (Å²) < 4.78 is 31.1. The Labute approximate surface area is 121 Å². The molecule has 1 saturated heterocycles. The molecule has 0 spiro atoms. The zero-order valence-electron chi connectivity index (χ0n) is 12.2. The van der Waals surface area contributed by atoms with Gasteiger partial charge in [-0.3, -0.25) is 4.72 Å². The molecule has 20 heavy (non-hydrogen) atoms. The Morgan fingerprint density at radius 2 is 1.95 bits per heavy atom. The van der Waals surface area contributed by atoms with Crippen molar-refractivity contribution >= 4 is 21.4 Å². The maximum Gasteiger partial charge on any atom is 0.232 e. The third-order valence-electron chi connectivity index (χ3n) is 3.48. The molecule has 0 bridgehead atoms. The lowest BCUT2D eigenvalue weighted by Gasteiger charge is -2.43. The largest absolute Gasteiger partial charge is 0.377 e. The summed E-state index contributed by atoms with van der Waals surface area (Å²) in [5, 5.41) is 0. The van der Waals surface area contributed by atoms with Gasteiger partial charge in [-0.2, -0.15) is 0 Å². The van der Waals surface area contributed by atoms with E-state index in [9.17, 15) is 8.42 Å². The van der Waals surface area contributed by atoms with Gasteiger partial charge in [0.2, 0.25) is 10.0 Å². The molecule has 0 aliphatic carbocycles. The van der Waals surface area contributed by atoms with E-state index in [1.807, 2.05) is 12.1 Å². The number of anilines is 2. The first-order valence-electron chi connectivity index (χ1n) is 6.80. The van der Waals surface area contributed by atoms with Crippen molar-refractivity contribution in [2.45, 2.75) is 26.3 Å². The van der Waals surface area contributed by atoms with Gasteiger partial charge in [-0.15, -0.1) is 0 Å². The van der Waals surface area contributed by atoms with Gasteiger partial charge in [0.15, 0.2) is 0 Å². The fraction of sp³-hybridized carbons (Fsp3) is 0.571. The maximum atomic E-state index is 11.5. The SMILES string of the molecule is CCS(=O)(=O)Nc1ccc(N2CCOCC2(C)C)cc1. The molecule has 1 heterocycles. The van der Waals surface area contributed by atoms with Crippen molar-refractivity contribution in [3.8, 4) is 0 Å². The number of benzene rings is 1. The summed E-state index contributed by atoms with van der Waals surface area (Å²) in [7, 11) is -3.22. The molecule has 1 aliphatic heterocycles. The van der Waals surface area contributed by atoms with Gasteiger partial charge in [-0.25, -0.2) is 8.42 Å². The summed E-state index contributed by atoms with van der Waals surface area (Å²) in [5.41, 5.74) is 1.63. The number of nitrogens with zero attached hydrogens (tertiary/aromatic N) is 1. The van der Waals surface area contributed by atoms with E-state index >= 15 is 0 Å². The first-order chi connectivity index (χ1) is 9.34. The van der Waals surface area contributed by atoms with Crippen LogP contribution in [-0.2, 0) is 14.8 Å². The minimum atomic E-state index is -3.22. The first kappa shape index (κ1) is 15.1. The quantitative estimate of drug-likeness (QED) is 0.924. The van der Waals surface area contributed by atoms with Gasteiger partial charge >= 0.3 is 0 Å². The van der Waals surface area contributed by atoms with Gasteiger partial charge in [0.25, 0.3) is 0 Å². The third kappa shape index (κ3) is 3.43. The Morgan fingerprint density at radius 1 is 1.30 bits per heavy atom. The third-order valence-corrected chi connectivity index (χ3v) is 4.78. The average molecular weight is 298 g/mol. The Balaban J connectivity index is 2.16. The molecule has 1 fully saturated rings. The first-order valence-corrected chi connectivity index (χ1v) is 8.45. The Kier molecular flexibility index (Phi) is 4.25. The summed E-state index contributed by atoms with van der Waals surface area (Å²) >= 11 is 0. The second kappa shape index (κ2) is 5.61. The van der Waals surface area contributed by atoms with Crippen LogP contribution in [0.25, 0.3) is 0 Å². The van der Waals surface area contributed by atoms with E-state index in [4.69, 9.17) is 4.74 Å². The summed E-state index contributed by atoms with van der Waals surface area (Å²) in [6, 6.07) is 7.49. The zero-order chi connectivity index (χ0) is 14.8. The summed E-state index contributed by atoms with van der Waals surface area (Å²) in [5.74, 6) is 0.0746. The van der Waals surface area contributed by atoms with E-state index in [2.05, 4.69) is 23.5 Å². The summed E-state index contributed by atoms with van der Waals surface area (Å²) in [6.07, 6.45) is 0. The number of hydrogen-bond acceptors (Lipinski definition) is 4. The lowest BCUT2D eigenvalue weighted by atomic mass is 10.0. The molecule has 1 N–H and O–H groups in total. The molecule has 0 atom stereocenters. The molecule has 0 aromatic heterocycles. The van der Waals surface area contributed by atoms with Crippen molar-refractivity contribution in [2.24, 2.45) is 0 Å². The lowest BCUT2D eigenvalue weighted by molar-refractivity contribution is 0.0644. The van der Waals surface area contributed by atoms with Crippen molar-refractivity contribution < 1.29 is 13.2 Å². The Bertz CT molecular complexity index is 552. The molecule has 0 radical (unpaired) electrons. The normalized spacial score (nSPS) is 18.9. The molecule has 0 unspecified atom stereocenters. The number of hydrogen-bond donors (Lipinski definition) is 1. The Morgan fingerprint density at radius 3 is 2.50 bits per heavy atom. The van der Waals surface area contributed by atoms with Gasteiger partial charge in [0.1, 0.15) is 0 Å². The van der Waals surface area contributed by atoms with E-state index in [0.29, 0.717) is 18.9 Å². The van der Waals surface area contributed by atoms with Crippen LogP contribution in [0.4, 0.5) is 11.4 Å². The molecule has 0 saturated carbocycles. The number of ether oxygens (including phenoxy) is 1. The molecule has 1 aromatic carbocycles. The highest BCUT2D eigenvalue weighted by molar-refractivity contribution is 7.92. The molecule has 2 rings (SSSR count). The van der Waals surface area contributed by atoms with Gasteiger partial charge in [-0.05, 0) is 45.0 Å². The van der Waals surface area contributed by atoms with Crippen LogP contribution in [0.3, 0.4) is 0 Å². The van der Waals surface area contributed by atoms with Crippen LogP contribution < -0.4 is 9.62 Å². The highest BCUT2D eigenvalue weighted by Gasteiger charge is 2.30. The minimum absolute atomic E-state index is 0.0529. The molecule has 112 valence electrons. The second-order valence-electron chi connectivity index (χ2n) is 5.57. The van der Waals surface area contributed by atoms with Crippen LogP contribution in [0.1, 0.15) is 20.8 Å². The van der Waals surface area contributed by atoms with Crippen LogP contribution in [-0.4, -0.2) is 39.5 Å². The van der Waals surface area contributed by atoms with E-state index < -0.39 is 10.0 Å². The second-order valence-corrected chi connectivity index (χ2v) is 7.58. The molecular formula is C14H22N2O3S. The Hall–Kier alpha value is -1.27. The maximum absolute atomic E-state index is 11.5. The molecular weight excluding hydrogens is 276 g/mol. The fourth-order valence-electron chi connectivity index (χ4n) is 2.30. The average Bonchev–Trinajstić information content (AvgIpc) is 2.39. The molecule has 0 amide bonds. The van der Waals surface area contributed by atoms with Crippen LogP contribution in [0.5, 0.6) is 0 Å². The van der Waals surface area contributed by atoms with Crippen molar-refractivity contribution in [2.75, 3.05) is 35.1 Å². The number of morpholine rings is 1. The fourth-order valence-corrected chi connectivity index (χ4v) is 2.94. The number of rotatable bonds is 4. The standard InChI is InChI=1S/C14H22N2O3S/c1-4-20(17,18)15-12-5-7-13(8-6-12)16-9-10-19-11-14(16,2)3/h5-8,15H,4,9-11H2,1-3H3. The molecule has 5 nitrogen and oxygen atoms in total. The number of nitrogens with one attached hydrogen (secondary N) is 1. The number of sulfonamides is 1.